The molecule has 0 saturated carbocycles. The van der Waals surface area contributed by atoms with E-state index in [9.17, 15) is 0 Å². The maximum atomic E-state index is 4.72. The van der Waals surface area contributed by atoms with Gasteiger partial charge in [0.25, 0.3) is 0 Å². The minimum atomic E-state index is 0.0297. The lowest BCUT2D eigenvalue weighted by atomic mass is 9.96. The second-order valence-corrected chi connectivity index (χ2v) is 8.81. The molecule has 3 rings (SSSR count). The Balaban J connectivity index is 1.60. The zero-order valence-corrected chi connectivity index (χ0v) is 14.8. The average molecular weight is 326 g/mol. The number of thioether (sulfide) groups is 1. The molecule has 0 spiro atoms. The van der Waals surface area contributed by atoms with Crippen molar-refractivity contribution in [3.63, 3.8) is 0 Å². The van der Waals surface area contributed by atoms with Gasteiger partial charge in [0.2, 0.25) is 5.13 Å². The van der Waals surface area contributed by atoms with Crippen molar-refractivity contribution in [3.8, 4) is 0 Å². The molecular weight excluding hydrogens is 302 g/mol. The number of hydrogen-bond acceptors (Lipinski definition) is 7. The van der Waals surface area contributed by atoms with E-state index in [1.165, 1.54) is 16.7 Å². The summed E-state index contributed by atoms with van der Waals surface area (Å²) < 4.78 is 4.52. The summed E-state index contributed by atoms with van der Waals surface area (Å²) in [7, 11) is 0. The van der Waals surface area contributed by atoms with Crippen molar-refractivity contribution in [2.24, 2.45) is 4.99 Å². The predicted octanol–water partition coefficient (Wildman–Crippen LogP) is 2.45. The molecule has 0 N–H and O–H groups in total. The van der Waals surface area contributed by atoms with Gasteiger partial charge in [-0.1, -0.05) is 39.5 Å². The first-order valence-corrected chi connectivity index (χ1v) is 9.14. The zero-order valence-electron chi connectivity index (χ0n) is 13.2. The highest BCUT2D eigenvalue weighted by atomic mass is 32.2. The van der Waals surface area contributed by atoms with E-state index in [0.29, 0.717) is 5.25 Å². The first kappa shape index (κ1) is 15.1. The molecule has 0 radical (unpaired) electrons. The van der Waals surface area contributed by atoms with E-state index < -0.39 is 0 Å². The van der Waals surface area contributed by atoms with Gasteiger partial charge in [-0.25, -0.2) is 4.98 Å². The highest BCUT2D eigenvalue weighted by Gasteiger charge is 2.27. The lowest BCUT2D eigenvalue weighted by Crippen LogP contribution is -2.47. The average Bonchev–Trinajstić information content (AvgIpc) is 3.07. The lowest BCUT2D eigenvalue weighted by Gasteiger charge is -2.35. The van der Waals surface area contributed by atoms with Gasteiger partial charge in [0, 0.05) is 48.4 Å². The van der Waals surface area contributed by atoms with Gasteiger partial charge >= 0.3 is 0 Å². The van der Waals surface area contributed by atoms with Crippen molar-refractivity contribution in [2.75, 3.05) is 37.6 Å². The Hall–Kier alpha value is -0.820. The number of aliphatic imine (C=N–C) groups is 1. The van der Waals surface area contributed by atoms with Crippen LogP contribution in [-0.4, -0.2) is 57.4 Å². The van der Waals surface area contributed by atoms with E-state index in [1.807, 2.05) is 11.8 Å². The molecule has 3 heterocycles. The molecule has 7 heteroatoms. The number of rotatable bonds is 1. The van der Waals surface area contributed by atoms with Crippen molar-refractivity contribution in [1.82, 2.24) is 14.3 Å². The van der Waals surface area contributed by atoms with Gasteiger partial charge in [-0.05, 0) is 0 Å². The van der Waals surface area contributed by atoms with E-state index in [4.69, 9.17) is 4.98 Å². The van der Waals surface area contributed by atoms with Crippen molar-refractivity contribution in [2.45, 2.75) is 38.4 Å². The molecule has 1 aromatic heterocycles. The van der Waals surface area contributed by atoms with E-state index in [-0.39, 0.29) is 5.41 Å². The van der Waals surface area contributed by atoms with Crippen molar-refractivity contribution >= 4 is 33.6 Å². The van der Waals surface area contributed by atoms with Gasteiger partial charge in [0.05, 0.1) is 6.54 Å². The largest absolute Gasteiger partial charge is 0.348 e. The van der Waals surface area contributed by atoms with Crippen LogP contribution < -0.4 is 4.90 Å². The minimum Gasteiger partial charge on any atom is -0.348 e. The quantitative estimate of drug-likeness (QED) is 0.793. The first-order valence-electron chi connectivity index (χ1n) is 7.48. The van der Waals surface area contributed by atoms with E-state index in [0.717, 1.165) is 43.7 Å². The molecule has 1 atom stereocenters. The maximum absolute atomic E-state index is 4.72. The Bertz CT molecular complexity index is 526. The van der Waals surface area contributed by atoms with Crippen LogP contribution in [0.1, 0.15) is 33.5 Å². The summed E-state index contributed by atoms with van der Waals surface area (Å²) in [5.74, 6) is 0.953. The van der Waals surface area contributed by atoms with Crippen LogP contribution in [0.3, 0.4) is 0 Å². The molecule has 1 fully saturated rings. The topological polar surface area (TPSA) is 44.6 Å². The van der Waals surface area contributed by atoms with Crippen LogP contribution in [0.5, 0.6) is 0 Å². The predicted molar refractivity (Wildman–Crippen MR) is 91.8 cm³/mol. The molecule has 0 amide bonds. The number of nitrogens with zero attached hydrogens (tertiary/aromatic N) is 5. The number of amidine groups is 1. The molecule has 0 bridgehead atoms. The minimum absolute atomic E-state index is 0.0297. The fourth-order valence-electron chi connectivity index (χ4n) is 2.37. The number of anilines is 1. The maximum Gasteiger partial charge on any atom is 0.205 e. The van der Waals surface area contributed by atoms with Crippen LogP contribution >= 0.6 is 23.3 Å². The molecule has 2 aliphatic rings. The highest BCUT2D eigenvalue weighted by molar-refractivity contribution is 8.14. The van der Waals surface area contributed by atoms with Crippen LogP contribution in [0.2, 0.25) is 0 Å². The molecule has 1 aromatic rings. The first-order chi connectivity index (χ1) is 9.93. The van der Waals surface area contributed by atoms with E-state index in [1.54, 1.807) is 0 Å². The summed E-state index contributed by atoms with van der Waals surface area (Å²) in [5.41, 5.74) is 0.0297. The second kappa shape index (κ2) is 5.76. The molecule has 5 nitrogen and oxygen atoms in total. The second-order valence-electron chi connectivity index (χ2n) is 6.68. The van der Waals surface area contributed by atoms with Crippen molar-refractivity contribution in [1.29, 1.82) is 0 Å². The van der Waals surface area contributed by atoms with Gasteiger partial charge < -0.3 is 9.80 Å². The monoisotopic (exact) mass is 325 g/mol. The van der Waals surface area contributed by atoms with Crippen LogP contribution in [0.4, 0.5) is 5.13 Å². The smallest absolute Gasteiger partial charge is 0.205 e. The molecule has 0 aromatic carbocycles. The Kier molecular flexibility index (Phi) is 4.14. The van der Waals surface area contributed by atoms with Crippen LogP contribution in [0.15, 0.2) is 4.99 Å². The Morgan fingerprint density at radius 1 is 1.10 bits per heavy atom. The van der Waals surface area contributed by atoms with Gasteiger partial charge in [-0.2, -0.15) is 4.37 Å². The molecule has 21 heavy (non-hydrogen) atoms. The molecular formula is C14H23N5S2. The zero-order chi connectivity index (χ0) is 15.0. The van der Waals surface area contributed by atoms with Crippen LogP contribution in [0, 0.1) is 0 Å². The number of piperazine rings is 1. The molecule has 0 aliphatic carbocycles. The van der Waals surface area contributed by atoms with E-state index in [2.05, 4.69) is 46.9 Å². The molecule has 116 valence electrons. The summed E-state index contributed by atoms with van der Waals surface area (Å²) in [6.45, 7) is 13.8. The fraction of sp³-hybridized carbons (Fsp3) is 0.786. The fourth-order valence-corrected chi connectivity index (χ4v) is 4.27. The third-order valence-corrected chi connectivity index (χ3v) is 5.62. The van der Waals surface area contributed by atoms with Crippen molar-refractivity contribution < 1.29 is 0 Å². The summed E-state index contributed by atoms with van der Waals surface area (Å²) in [4.78, 5) is 14.1. The van der Waals surface area contributed by atoms with Gasteiger partial charge in [-0.3, -0.25) is 4.99 Å². The highest BCUT2D eigenvalue weighted by Crippen LogP contribution is 2.27. The van der Waals surface area contributed by atoms with Gasteiger partial charge in [0.1, 0.15) is 5.82 Å². The standard InChI is InChI=1S/C14H23N5S2/c1-10-9-15-12(20-10)18-5-7-19(8-6-18)13-16-11(17-21-13)14(2,3)4/h10H,5-9H2,1-4H3. The molecule has 2 aliphatic heterocycles. The van der Waals surface area contributed by atoms with Crippen LogP contribution in [0.25, 0.3) is 0 Å². The van der Waals surface area contributed by atoms with Gasteiger partial charge in [0.15, 0.2) is 5.17 Å². The van der Waals surface area contributed by atoms with Gasteiger partial charge in [-0.15, -0.1) is 0 Å². The van der Waals surface area contributed by atoms with Crippen molar-refractivity contribution in [3.05, 3.63) is 5.82 Å². The summed E-state index contributed by atoms with van der Waals surface area (Å²) in [6, 6.07) is 0. The van der Waals surface area contributed by atoms with E-state index >= 15 is 0 Å². The SMILES string of the molecule is CC1CN=C(N2CCN(c3nc(C(C)(C)C)ns3)CC2)S1. The lowest BCUT2D eigenvalue weighted by molar-refractivity contribution is 0.391. The number of hydrogen-bond donors (Lipinski definition) is 0. The summed E-state index contributed by atoms with van der Waals surface area (Å²) in [6.07, 6.45) is 0. The Labute approximate surface area is 135 Å². The third-order valence-electron chi connectivity index (χ3n) is 3.70. The Morgan fingerprint density at radius 2 is 1.76 bits per heavy atom. The number of aromatic nitrogens is 2. The molecule has 1 unspecified atom stereocenters. The summed E-state index contributed by atoms with van der Waals surface area (Å²) >= 11 is 3.44. The van der Waals surface area contributed by atoms with Crippen LogP contribution in [-0.2, 0) is 5.41 Å². The third kappa shape index (κ3) is 3.34. The normalized spacial score (nSPS) is 23.6. The molecule has 1 saturated heterocycles. The Morgan fingerprint density at radius 3 is 2.29 bits per heavy atom. The summed E-state index contributed by atoms with van der Waals surface area (Å²) in [5, 5.41) is 2.93.